The molecule has 3 heterocycles. The molecule has 2 aromatic heterocycles. The molecule has 4 aromatic rings. The number of ether oxygens (including phenoxy) is 3. The van der Waals surface area contributed by atoms with Gasteiger partial charge in [0, 0.05) is 6.20 Å². The van der Waals surface area contributed by atoms with Crippen molar-refractivity contribution in [2.45, 2.75) is 25.9 Å². The second-order valence-corrected chi connectivity index (χ2v) is 8.11. The van der Waals surface area contributed by atoms with E-state index >= 15 is 0 Å². The van der Waals surface area contributed by atoms with E-state index in [9.17, 15) is 13.2 Å². The molecule has 0 radical (unpaired) electrons. The normalized spacial score (nSPS) is 15.8. The maximum atomic E-state index is 12.4. The smallest absolute Gasteiger partial charge is 0.495 e. The minimum Gasteiger partial charge on any atom is -0.495 e. The van der Waals surface area contributed by atoms with Crippen molar-refractivity contribution in [1.29, 1.82) is 0 Å². The second-order valence-electron chi connectivity index (χ2n) is 8.11. The Labute approximate surface area is 204 Å². The average Bonchev–Trinajstić information content (AvgIpc) is 3.48. The molecule has 0 bridgehead atoms. The Hall–Kier alpha value is -4.12. The number of methoxy groups -OCH3 is 1. The molecule has 1 atom stereocenters. The minimum absolute atomic E-state index is 0.295. The van der Waals surface area contributed by atoms with Gasteiger partial charge in [0.15, 0.2) is 11.6 Å². The van der Waals surface area contributed by atoms with Crippen LogP contribution in [-0.4, -0.2) is 44.4 Å². The van der Waals surface area contributed by atoms with Crippen LogP contribution in [0.5, 0.6) is 11.5 Å². The monoisotopic (exact) mass is 497 g/mol. The number of rotatable bonds is 6. The molecule has 0 N–H and O–H groups in total. The van der Waals surface area contributed by atoms with Gasteiger partial charge in [-0.05, 0) is 48.4 Å². The Balaban J connectivity index is 1.35. The first-order valence-corrected chi connectivity index (χ1v) is 11.1. The third-order valence-electron chi connectivity index (χ3n) is 5.57. The van der Waals surface area contributed by atoms with Crippen molar-refractivity contribution in [3.63, 3.8) is 0 Å². The quantitative estimate of drug-likeness (QED) is 0.375. The predicted octanol–water partition coefficient (Wildman–Crippen LogP) is 4.97. The first kappa shape index (κ1) is 23.6. The van der Waals surface area contributed by atoms with Gasteiger partial charge in [0.1, 0.15) is 17.6 Å². The summed E-state index contributed by atoms with van der Waals surface area (Å²) in [5.41, 5.74) is 3.33. The van der Waals surface area contributed by atoms with Crippen molar-refractivity contribution in [3.05, 3.63) is 83.5 Å². The van der Waals surface area contributed by atoms with E-state index in [1.807, 2.05) is 42.0 Å². The Morgan fingerprint density at radius 1 is 1.11 bits per heavy atom. The fraction of sp³-hybridized carbons (Fsp3) is 0.240. The molecular formula is C25H22F3N5O3. The summed E-state index contributed by atoms with van der Waals surface area (Å²) in [4.78, 5) is 8.86. The van der Waals surface area contributed by atoms with Crippen LogP contribution in [0.3, 0.4) is 0 Å². The summed E-state index contributed by atoms with van der Waals surface area (Å²) in [7, 11) is 1.61. The molecule has 8 nitrogen and oxygen atoms in total. The predicted molar refractivity (Wildman–Crippen MR) is 125 cm³/mol. The largest absolute Gasteiger partial charge is 0.573 e. The van der Waals surface area contributed by atoms with E-state index in [2.05, 4.69) is 19.8 Å². The van der Waals surface area contributed by atoms with Gasteiger partial charge in [0.05, 0.1) is 38.0 Å². The zero-order chi connectivity index (χ0) is 25.3. The number of hydrogen-bond acceptors (Lipinski definition) is 6. The molecule has 1 aliphatic rings. The number of benzene rings is 2. The lowest BCUT2D eigenvalue weighted by atomic mass is 10.1. The molecule has 186 valence electrons. The zero-order valence-electron chi connectivity index (χ0n) is 19.4. The Morgan fingerprint density at radius 3 is 2.61 bits per heavy atom. The SMILES string of the molecule is COc1cc(/C=C/c2nc3n(n2)CCOC3c2ccc(OC(F)(F)F)cc2)ccc1-n1cnc(C)c1. The van der Waals surface area contributed by atoms with E-state index < -0.39 is 12.5 Å². The molecule has 0 amide bonds. The highest BCUT2D eigenvalue weighted by atomic mass is 19.4. The fourth-order valence-electron chi connectivity index (χ4n) is 3.96. The molecule has 11 heteroatoms. The molecule has 0 saturated heterocycles. The second kappa shape index (κ2) is 9.50. The maximum Gasteiger partial charge on any atom is 0.573 e. The molecule has 0 spiro atoms. The van der Waals surface area contributed by atoms with E-state index in [-0.39, 0.29) is 5.75 Å². The first-order chi connectivity index (χ1) is 17.3. The molecule has 36 heavy (non-hydrogen) atoms. The van der Waals surface area contributed by atoms with Crippen LogP contribution in [0.15, 0.2) is 55.0 Å². The molecule has 0 aliphatic carbocycles. The summed E-state index contributed by atoms with van der Waals surface area (Å²) in [6.45, 7) is 2.84. The number of halogens is 3. The molecule has 5 rings (SSSR count). The van der Waals surface area contributed by atoms with E-state index in [0.717, 1.165) is 16.9 Å². The minimum atomic E-state index is -4.74. The Bertz CT molecular complexity index is 1390. The summed E-state index contributed by atoms with van der Waals surface area (Å²) < 4.78 is 56.4. The standard InChI is InChI=1S/C25H22F3N5O3/c1-16-14-32(15-29-16)20-9-3-17(13-21(20)34-2)4-10-22-30-24-23(35-12-11-33(24)31-22)18-5-7-19(8-6-18)36-25(26,27)28/h3-10,13-15,23H,11-12H2,1-2H3/b10-4+. The zero-order valence-corrected chi connectivity index (χ0v) is 19.4. The van der Waals surface area contributed by atoms with Gasteiger partial charge in [-0.25, -0.2) is 14.6 Å². The van der Waals surface area contributed by atoms with Crippen LogP contribution in [0.4, 0.5) is 13.2 Å². The van der Waals surface area contributed by atoms with Gasteiger partial charge in [-0.1, -0.05) is 24.3 Å². The lowest BCUT2D eigenvalue weighted by Crippen LogP contribution is -2.23. The number of hydrogen-bond donors (Lipinski definition) is 0. The Kier molecular flexibility index (Phi) is 6.23. The van der Waals surface area contributed by atoms with Crippen LogP contribution in [0.2, 0.25) is 0 Å². The Morgan fingerprint density at radius 2 is 1.92 bits per heavy atom. The number of aryl methyl sites for hydroxylation is 1. The highest BCUT2D eigenvalue weighted by molar-refractivity contribution is 5.69. The highest BCUT2D eigenvalue weighted by Crippen LogP contribution is 2.31. The van der Waals surface area contributed by atoms with Crippen molar-refractivity contribution in [3.8, 4) is 17.2 Å². The number of imidazole rings is 1. The molecule has 0 fully saturated rings. The van der Waals surface area contributed by atoms with Crippen LogP contribution in [0, 0.1) is 6.92 Å². The van der Waals surface area contributed by atoms with Crippen LogP contribution in [-0.2, 0) is 11.3 Å². The maximum absolute atomic E-state index is 12.4. The van der Waals surface area contributed by atoms with Gasteiger partial charge in [-0.15, -0.1) is 13.2 Å². The van der Waals surface area contributed by atoms with Gasteiger partial charge in [0.2, 0.25) is 0 Å². The third kappa shape index (κ3) is 5.10. The van der Waals surface area contributed by atoms with Crippen LogP contribution >= 0.6 is 0 Å². The van der Waals surface area contributed by atoms with Crippen LogP contribution in [0.1, 0.15) is 34.6 Å². The van der Waals surface area contributed by atoms with Gasteiger partial charge < -0.3 is 18.8 Å². The number of aromatic nitrogens is 5. The summed E-state index contributed by atoms with van der Waals surface area (Å²) in [5.74, 6) is 1.47. The van der Waals surface area contributed by atoms with Crippen molar-refractivity contribution >= 4 is 12.2 Å². The first-order valence-electron chi connectivity index (χ1n) is 11.1. The molecule has 0 saturated carbocycles. The van der Waals surface area contributed by atoms with Crippen molar-refractivity contribution in [1.82, 2.24) is 24.3 Å². The number of fused-ring (bicyclic) bond motifs is 1. The fourth-order valence-corrected chi connectivity index (χ4v) is 3.96. The summed E-state index contributed by atoms with van der Waals surface area (Å²) >= 11 is 0. The highest BCUT2D eigenvalue weighted by Gasteiger charge is 2.31. The van der Waals surface area contributed by atoms with Crippen molar-refractivity contribution in [2.24, 2.45) is 0 Å². The van der Waals surface area contributed by atoms with E-state index in [0.29, 0.717) is 36.1 Å². The van der Waals surface area contributed by atoms with E-state index in [1.165, 1.54) is 24.3 Å². The molecule has 1 unspecified atom stereocenters. The molecular weight excluding hydrogens is 475 g/mol. The lowest BCUT2D eigenvalue weighted by Gasteiger charge is -2.23. The average molecular weight is 497 g/mol. The van der Waals surface area contributed by atoms with Crippen molar-refractivity contribution in [2.75, 3.05) is 13.7 Å². The van der Waals surface area contributed by atoms with E-state index in [4.69, 9.17) is 9.47 Å². The van der Waals surface area contributed by atoms with Gasteiger partial charge in [-0.2, -0.15) is 5.10 Å². The van der Waals surface area contributed by atoms with Gasteiger partial charge >= 0.3 is 6.36 Å². The molecule has 1 aliphatic heterocycles. The number of alkyl halides is 3. The summed E-state index contributed by atoms with van der Waals surface area (Å²) in [6, 6.07) is 11.4. The lowest BCUT2D eigenvalue weighted by molar-refractivity contribution is -0.274. The topological polar surface area (TPSA) is 76.2 Å². The van der Waals surface area contributed by atoms with E-state index in [1.54, 1.807) is 24.2 Å². The van der Waals surface area contributed by atoms with Crippen LogP contribution < -0.4 is 9.47 Å². The molecule has 2 aromatic carbocycles. The van der Waals surface area contributed by atoms with Gasteiger partial charge in [-0.3, -0.25) is 0 Å². The summed E-state index contributed by atoms with van der Waals surface area (Å²) in [5, 5.41) is 4.54. The number of nitrogens with zero attached hydrogens (tertiary/aromatic N) is 5. The third-order valence-corrected chi connectivity index (χ3v) is 5.57. The van der Waals surface area contributed by atoms with Crippen molar-refractivity contribution < 1.29 is 27.4 Å². The van der Waals surface area contributed by atoms with Gasteiger partial charge in [0.25, 0.3) is 0 Å². The van der Waals surface area contributed by atoms with Crippen LogP contribution in [0.25, 0.3) is 17.8 Å². The summed E-state index contributed by atoms with van der Waals surface area (Å²) in [6.07, 6.45) is 2.03.